The molecule has 0 saturated carbocycles. The normalized spacial score (nSPS) is 11.2. The van der Waals surface area contributed by atoms with Gasteiger partial charge in [0.05, 0.1) is 31.9 Å². The Morgan fingerprint density at radius 1 is 1.12 bits per heavy atom. The molecule has 0 fully saturated rings. The van der Waals surface area contributed by atoms with E-state index in [-0.39, 0.29) is 5.91 Å². The highest BCUT2D eigenvalue weighted by Gasteiger charge is 2.17. The van der Waals surface area contributed by atoms with Crippen molar-refractivity contribution in [2.24, 2.45) is 5.10 Å². The van der Waals surface area contributed by atoms with Gasteiger partial charge in [0.15, 0.2) is 11.5 Å². The molecule has 0 saturated heterocycles. The lowest BCUT2D eigenvalue weighted by Gasteiger charge is -2.13. The van der Waals surface area contributed by atoms with Gasteiger partial charge in [-0.05, 0) is 37.6 Å². The first-order valence-electron chi connectivity index (χ1n) is 7.77. The van der Waals surface area contributed by atoms with Crippen LogP contribution in [-0.2, 0) is 6.42 Å². The number of hydrogen-bond donors (Lipinski definition) is 1. The van der Waals surface area contributed by atoms with Crippen molar-refractivity contribution in [3.05, 3.63) is 39.6 Å². The Labute approximate surface area is 151 Å². The number of amides is 1. The molecule has 1 aromatic heterocycles. The van der Waals surface area contributed by atoms with Crippen molar-refractivity contribution in [2.45, 2.75) is 20.3 Å². The van der Waals surface area contributed by atoms with E-state index in [1.54, 1.807) is 23.5 Å². The maximum atomic E-state index is 12.4. The van der Waals surface area contributed by atoms with Gasteiger partial charge in [0.2, 0.25) is 5.75 Å². The zero-order valence-electron chi connectivity index (χ0n) is 15.0. The van der Waals surface area contributed by atoms with E-state index in [2.05, 4.69) is 23.5 Å². The molecule has 0 atom stereocenters. The van der Waals surface area contributed by atoms with Gasteiger partial charge >= 0.3 is 0 Å². The van der Waals surface area contributed by atoms with Crippen LogP contribution in [0.2, 0.25) is 0 Å². The van der Waals surface area contributed by atoms with Crippen LogP contribution in [0.15, 0.2) is 29.4 Å². The SMILES string of the molecule is CCc1ccc(C(C)=NNC(=O)c2cc(OC)c(OC)c(OC)c2)s1. The first-order valence-corrected chi connectivity index (χ1v) is 8.59. The minimum atomic E-state index is -0.356. The summed E-state index contributed by atoms with van der Waals surface area (Å²) in [5.41, 5.74) is 3.69. The van der Waals surface area contributed by atoms with Gasteiger partial charge in [0.1, 0.15) is 0 Å². The fraction of sp³-hybridized carbons (Fsp3) is 0.333. The highest BCUT2D eigenvalue weighted by atomic mass is 32.1. The maximum absolute atomic E-state index is 12.4. The second-order valence-electron chi connectivity index (χ2n) is 5.17. The zero-order chi connectivity index (χ0) is 18.4. The fourth-order valence-corrected chi connectivity index (χ4v) is 3.12. The highest BCUT2D eigenvalue weighted by Crippen LogP contribution is 2.38. The lowest BCUT2D eigenvalue weighted by Crippen LogP contribution is -2.19. The quantitative estimate of drug-likeness (QED) is 0.605. The molecule has 0 unspecified atom stereocenters. The maximum Gasteiger partial charge on any atom is 0.271 e. The highest BCUT2D eigenvalue weighted by molar-refractivity contribution is 7.14. The van der Waals surface area contributed by atoms with Gasteiger partial charge in [-0.2, -0.15) is 5.10 Å². The van der Waals surface area contributed by atoms with Gasteiger partial charge in [0.25, 0.3) is 5.91 Å². The summed E-state index contributed by atoms with van der Waals surface area (Å²) in [7, 11) is 4.52. The fourth-order valence-electron chi connectivity index (χ4n) is 2.23. The summed E-state index contributed by atoms with van der Waals surface area (Å²) in [6, 6.07) is 7.25. The first-order chi connectivity index (χ1) is 12.0. The summed E-state index contributed by atoms with van der Waals surface area (Å²) in [4.78, 5) is 14.7. The largest absolute Gasteiger partial charge is 0.493 e. The second kappa shape index (κ2) is 8.53. The van der Waals surface area contributed by atoms with Crippen LogP contribution in [0.5, 0.6) is 17.2 Å². The Kier molecular flexibility index (Phi) is 6.41. The zero-order valence-corrected chi connectivity index (χ0v) is 15.8. The Morgan fingerprint density at radius 2 is 1.76 bits per heavy atom. The van der Waals surface area contributed by atoms with Crippen LogP contribution >= 0.6 is 11.3 Å². The summed E-state index contributed by atoms with van der Waals surface area (Å²) in [6.07, 6.45) is 0.982. The lowest BCUT2D eigenvalue weighted by molar-refractivity contribution is 0.0954. The monoisotopic (exact) mass is 362 g/mol. The van der Waals surface area contributed by atoms with Gasteiger partial charge < -0.3 is 14.2 Å². The predicted molar refractivity (Wildman–Crippen MR) is 99.5 cm³/mol. The van der Waals surface area contributed by atoms with E-state index in [4.69, 9.17) is 14.2 Å². The number of carbonyl (C=O) groups is 1. The molecule has 1 amide bonds. The average Bonchev–Trinajstić information content (AvgIpc) is 3.13. The summed E-state index contributed by atoms with van der Waals surface area (Å²) in [5.74, 6) is 0.912. The average molecular weight is 362 g/mol. The van der Waals surface area contributed by atoms with Crippen molar-refractivity contribution in [1.82, 2.24) is 5.43 Å². The molecule has 7 heteroatoms. The first kappa shape index (κ1) is 18.8. The minimum Gasteiger partial charge on any atom is -0.493 e. The number of rotatable bonds is 7. The third kappa shape index (κ3) is 4.30. The molecule has 0 aliphatic carbocycles. The second-order valence-corrected chi connectivity index (χ2v) is 6.34. The van der Waals surface area contributed by atoms with Crippen LogP contribution in [0.3, 0.4) is 0 Å². The molecule has 0 spiro atoms. The lowest BCUT2D eigenvalue weighted by atomic mass is 10.1. The minimum absolute atomic E-state index is 0.356. The number of nitrogens with one attached hydrogen (secondary N) is 1. The molecule has 0 bridgehead atoms. The van der Waals surface area contributed by atoms with Gasteiger partial charge in [0, 0.05) is 10.4 Å². The summed E-state index contributed by atoms with van der Waals surface area (Å²) in [6.45, 7) is 3.97. The summed E-state index contributed by atoms with van der Waals surface area (Å²) >= 11 is 1.67. The van der Waals surface area contributed by atoms with Gasteiger partial charge in [-0.3, -0.25) is 4.79 Å². The third-order valence-electron chi connectivity index (χ3n) is 3.62. The summed E-state index contributed by atoms with van der Waals surface area (Å²) in [5, 5.41) is 4.19. The Hall–Kier alpha value is -2.54. The Balaban J connectivity index is 2.21. The van der Waals surface area contributed by atoms with Gasteiger partial charge in [-0.15, -0.1) is 11.3 Å². The number of benzene rings is 1. The van der Waals surface area contributed by atoms with Crippen LogP contribution in [-0.4, -0.2) is 32.9 Å². The van der Waals surface area contributed by atoms with Crippen LogP contribution in [0.1, 0.15) is 34.0 Å². The number of carbonyl (C=O) groups excluding carboxylic acids is 1. The molecule has 25 heavy (non-hydrogen) atoms. The predicted octanol–water partition coefficient (Wildman–Crippen LogP) is 3.49. The molecule has 6 nitrogen and oxygen atoms in total. The number of aryl methyl sites for hydroxylation is 1. The van der Waals surface area contributed by atoms with Crippen molar-refractivity contribution < 1.29 is 19.0 Å². The Morgan fingerprint density at radius 3 is 2.24 bits per heavy atom. The van der Waals surface area contributed by atoms with E-state index < -0.39 is 0 Å². The number of methoxy groups -OCH3 is 3. The molecule has 0 aliphatic rings. The molecule has 0 aliphatic heterocycles. The molecular weight excluding hydrogens is 340 g/mol. The molecule has 134 valence electrons. The number of ether oxygens (including phenoxy) is 3. The molecule has 2 rings (SSSR count). The van der Waals surface area contributed by atoms with E-state index >= 15 is 0 Å². The van der Waals surface area contributed by atoms with Crippen LogP contribution < -0.4 is 19.6 Å². The van der Waals surface area contributed by atoms with E-state index in [0.29, 0.717) is 22.8 Å². The molecule has 0 radical (unpaired) electrons. The summed E-state index contributed by atoms with van der Waals surface area (Å²) < 4.78 is 15.8. The van der Waals surface area contributed by atoms with Crippen LogP contribution in [0.4, 0.5) is 0 Å². The molecule has 1 heterocycles. The van der Waals surface area contributed by atoms with Gasteiger partial charge in [-0.25, -0.2) is 5.43 Å². The molecule has 1 aromatic carbocycles. The third-order valence-corrected chi connectivity index (χ3v) is 4.96. The van der Waals surface area contributed by atoms with Crippen LogP contribution in [0, 0.1) is 0 Å². The van der Waals surface area contributed by atoms with Crippen molar-refractivity contribution >= 4 is 23.0 Å². The Bertz CT molecular complexity index is 758. The van der Waals surface area contributed by atoms with Crippen molar-refractivity contribution in [3.8, 4) is 17.2 Å². The van der Waals surface area contributed by atoms with Crippen molar-refractivity contribution in [3.63, 3.8) is 0 Å². The molecule has 2 aromatic rings. The van der Waals surface area contributed by atoms with E-state index in [0.717, 1.165) is 17.0 Å². The molecule has 1 N–H and O–H groups in total. The number of nitrogens with zero attached hydrogens (tertiary/aromatic N) is 1. The van der Waals surface area contributed by atoms with Crippen molar-refractivity contribution in [1.29, 1.82) is 0 Å². The van der Waals surface area contributed by atoms with E-state index in [9.17, 15) is 4.79 Å². The van der Waals surface area contributed by atoms with E-state index in [1.807, 2.05) is 13.0 Å². The van der Waals surface area contributed by atoms with E-state index in [1.165, 1.54) is 26.2 Å². The number of thiophene rings is 1. The van der Waals surface area contributed by atoms with Crippen molar-refractivity contribution in [2.75, 3.05) is 21.3 Å². The van der Waals surface area contributed by atoms with Crippen LogP contribution in [0.25, 0.3) is 0 Å². The topological polar surface area (TPSA) is 69.2 Å². The smallest absolute Gasteiger partial charge is 0.271 e. The standard InChI is InChI=1S/C18H22N2O4S/c1-6-13-7-8-16(25-13)11(2)19-20-18(21)12-9-14(22-3)17(24-5)15(10-12)23-4/h7-10H,6H2,1-5H3,(H,20,21). The van der Waals surface area contributed by atoms with Gasteiger partial charge in [-0.1, -0.05) is 6.92 Å². The number of hydrazone groups is 1. The molecular formula is C18H22N2O4S. The number of hydrogen-bond acceptors (Lipinski definition) is 6.